The zero-order valence-corrected chi connectivity index (χ0v) is 26.7. The van der Waals surface area contributed by atoms with Gasteiger partial charge in [-0.05, 0) is 78.5 Å². The largest absolute Gasteiger partial charge is 0.353 e. The fourth-order valence-electron chi connectivity index (χ4n) is 5.26. The third-order valence-corrected chi connectivity index (χ3v) is 8.17. The van der Waals surface area contributed by atoms with Crippen LogP contribution in [0.15, 0.2) is 34.4 Å². The lowest BCUT2D eigenvalue weighted by Gasteiger charge is -2.39. The molecule has 0 spiro atoms. The Balaban J connectivity index is 0.000000722. The summed E-state index contributed by atoms with van der Waals surface area (Å²) >= 11 is 1.65. The summed E-state index contributed by atoms with van der Waals surface area (Å²) in [5.41, 5.74) is 2.02. The Kier molecular flexibility index (Phi) is 14.9. The normalized spacial score (nSPS) is 19.5. The first kappa shape index (κ1) is 33.4. The van der Waals surface area contributed by atoms with Crippen LogP contribution in [-0.2, 0) is 11.3 Å². The van der Waals surface area contributed by atoms with Gasteiger partial charge in [0.05, 0.1) is 11.3 Å². The molecular formula is C31H51N7OS. The van der Waals surface area contributed by atoms with E-state index in [-0.39, 0.29) is 5.92 Å². The molecule has 0 atom stereocenters. The summed E-state index contributed by atoms with van der Waals surface area (Å²) in [4.78, 5) is 27.8. The van der Waals surface area contributed by atoms with Crippen LogP contribution >= 0.6 is 11.3 Å². The van der Waals surface area contributed by atoms with E-state index in [1.54, 1.807) is 11.3 Å². The molecule has 0 N–H and O–H groups in total. The number of aromatic nitrogens is 3. The maximum absolute atomic E-state index is 13.2. The van der Waals surface area contributed by atoms with E-state index < -0.39 is 0 Å². The molecule has 222 valence electrons. The quantitative estimate of drug-likeness (QED) is 0.211. The van der Waals surface area contributed by atoms with Gasteiger partial charge in [0.25, 0.3) is 0 Å². The zero-order valence-electron chi connectivity index (χ0n) is 25.9. The van der Waals surface area contributed by atoms with Crippen LogP contribution in [0.2, 0.25) is 0 Å². The predicted octanol–water partition coefficient (Wildman–Crippen LogP) is 6.70. The second kappa shape index (κ2) is 17.8. The van der Waals surface area contributed by atoms with Gasteiger partial charge in [0, 0.05) is 56.3 Å². The summed E-state index contributed by atoms with van der Waals surface area (Å²) in [5, 5.41) is 9.18. The van der Waals surface area contributed by atoms with Crippen LogP contribution in [-0.4, -0.2) is 76.0 Å². The molecule has 0 bridgehead atoms. The van der Waals surface area contributed by atoms with Crippen molar-refractivity contribution in [3.05, 3.63) is 40.5 Å². The average molecular weight is 570 g/mol. The third-order valence-electron chi connectivity index (χ3n) is 7.18. The maximum atomic E-state index is 13.2. The molecule has 0 radical (unpaired) electrons. The van der Waals surface area contributed by atoms with Crippen LogP contribution in [0.4, 0.5) is 5.00 Å². The summed E-state index contributed by atoms with van der Waals surface area (Å²) < 4.78 is 1.94. The number of carbonyl (C=O) groups excluding carboxylic acids is 1. The lowest BCUT2D eigenvalue weighted by Crippen LogP contribution is -2.52. The van der Waals surface area contributed by atoms with Gasteiger partial charge in [-0.3, -0.25) is 19.5 Å². The first-order valence-electron chi connectivity index (χ1n) is 15.0. The number of amidine groups is 1. The van der Waals surface area contributed by atoms with Gasteiger partial charge in [-0.2, -0.15) is 0 Å². The smallest absolute Gasteiger partial charge is 0.225 e. The summed E-state index contributed by atoms with van der Waals surface area (Å²) in [6.07, 6.45) is 11.5. The maximum Gasteiger partial charge on any atom is 0.225 e. The number of hydrogen-bond donors (Lipinski definition) is 0. The molecule has 1 aliphatic heterocycles. The number of rotatable bonds is 7. The number of carbonyl (C=O) groups is 1. The Bertz CT molecular complexity index is 1090. The van der Waals surface area contributed by atoms with E-state index in [4.69, 9.17) is 4.99 Å². The summed E-state index contributed by atoms with van der Waals surface area (Å²) in [6, 6.07) is 2.15. The highest BCUT2D eigenvalue weighted by Gasteiger charge is 2.32. The van der Waals surface area contributed by atoms with E-state index >= 15 is 0 Å². The summed E-state index contributed by atoms with van der Waals surface area (Å²) in [7, 11) is 0. The Morgan fingerprint density at radius 2 is 1.75 bits per heavy atom. The molecule has 1 aliphatic carbocycles. The van der Waals surface area contributed by atoms with Crippen LogP contribution in [0.3, 0.4) is 0 Å². The van der Waals surface area contributed by atoms with Gasteiger partial charge in [-0.25, -0.2) is 0 Å². The first-order chi connectivity index (χ1) is 19.4. The van der Waals surface area contributed by atoms with Gasteiger partial charge in [0.15, 0.2) is 0 Å². The number of aliphatic imine (C=N–C) groups is 2. The molecule has 8 nitrogen and oxygen atoms in total. The van der Waals surface area contributed by atoms with E-state index in [9.17, 15) is 4.79 Å². The molecular weight excluding hydrogens is 518 g/mol. The second-order valence-electron chi connectivity index (χ2n) is 10.1. The highest BCUT2D eigenvalue weighted by atomic mass is 32.1. The zero-order chi connectivity index (χ0) is 29.5. The topological polar surface area (TPSA) is 79.0 Å². The number of allylic oxidation sites excluding steroid dienone is 2. The number of amides is 1. The van der Waals surface area contributed by atoms with E-state index in [0.29, 0.717) is 11.8 Å². The van der Waals surface area contributed by atoms with Gasteiger partial charge in [-0.1, -0.05) is 38.1 Å². The number of piperazine rings is 1. The van der Waals surface area contributed by atoms with Crippen LogP contribution in [0, 0.1) is 25.7 Å². The van der Waals surface area contributed by atoms with Gasteiger partial charge >= 0.3 is 0 Å². The summed E-state index contributed by atoms with van der Waals surface area (Å²) in [6.45, 7) is 22.7. The second-order valence-corrected chi connectivity index (χ2v) is 11.4. The minimum absolute atomic E-state index is 0.158. The lowest BCUT2D eigenvalue weighted by molar-refractivity contribution is -0.138. The van der Waals surface area contributed by atoms with Crippen LogP contribution in [0.5, 0.6) is 0 Å². The average Bonchev–Trinajstić information content (AvgIpc) is 3.57. The van der Waals surface area contributed by atoms with Gasteiger partial charge in [0.2, 0.25) is 5.91 Å². The first-order valence-corrected chi connectivity index (χ1v) is 15.8. The SMILES string of the molecule is C/C=C\CC.C=Nc1sc(C)cc1C(=NCC)N1CCN(C(=O)C2CCC(Cn3cc(C)nn3)CC2)CC1.CC. The molecule has 9 heteroatoms. The van der Waals surface area contributed by atoms with Crippen molar-refractivity contribution in [2.24, 2.45) is 21.8 Å². The molecule has 1 saturated heterocycles. The lowest BCUT2D eigenvalue weighted by atomic mass is 9.81. The van der Waals surface area contributed by atoms with E-state index in [0.717, 1.165) is 93.5 Å². The van der Waals surface area contributed by atoms with Crippen molar-refractivity contribution >= 4 is 34.8 Å². The highest BCUT2D eigenvalue weighted by Crippen LogP contribution is 2.33. The number of hydrogen-bond acceptors (Lipinski definition) is 6. The van der Waals surface area contributed by atoms with E-state index in [2.05, 4.69) is 70.8 Å². The van der Waals surface area contributed by atoms with Crippen molar-refractivity contribution in [3.63, 3.8) is 0 Å². The standard InChI is InChI=1S/C24H35N7OS.C5H10.C2H6/c1-5-26-22(21-14-18(3)33-23(21)25-4)29-10-12-30(13-11-29)24(32)20-8-6-19(7-9-20)16-31-15-17(2)27-28-31;1-3-5-4-2;1-2/h14-15,19-20H,4-13,16H2,1-3H3;3,5H,4H2,1-2H3;1-2H3/b;5-3-;. The van der Waals surface area contributed by atoms with Crippen LogP contribution in [0.25, 0.3) is 0 Å². The van der Waals surface area contributed by atoms with Gasteiger partial charge in [-0.15, -0.1) is 16.4 Å². The van der Waals surface area contributed by atoms with Crippen molar-refractivity contribution < 1.29 is 4.79 Å². The van der Waals surface area contributed by atoms with Gasteiger partial charge < -0.3 is 9.80 Å². The fourth-order valence-corrected chi connectivity index (χ4v) is 6.06. The van der Waals surface area contributed by atoms with Crippen LogP contribution in [0.1, 0.15) is 82.9 Å². The highest BCUT2D eigenvalue weighted by molar-refractivity contribution is 7.16. The predicted molar refractivity (Wildman–Crippen MR) is 170 cm³/mol. The Morgan fingerprint density at radius 1 is 1.10 bits per heavy atom. The van der Waals surface area contributed by atoms with E-state index in [1.165, 1.54) is 4.88 Å². The summed E-state index contributed by atoms with van der Waals surface area (Å²) in [5.74, 6) is 2.06. The molecule has 4 rings (SSSR count). The molecule has 1 amide bonds. The molecule has 2 aromatic heterocycles. The third kappa shape index (κ3) is 9.68. The molecule has 1 saturated carbocycles. The fraction of sp³-hybridized carbons (Fsp3) is 0.645. The van der Waals surface area contributed by atoms with Crippen molar-refractivity contribution in [1.29, 1.82) is 0 Å². The Hall–Kier alpha value is -2.81. The monoisotopic (exact) mass is 569 g/mol. The minimum Gasteiger partial charge on any atom is -0.353 e. The molecule has 0 aromatic carbocycles. The number of nitrogens with zero attached hydrogens (tertiary/aromatic N) is 7. The van der Waals surface area contributed by atoms with Gasteiger partial charge in [0.1, 0.15) is 10.8 Å². The van der Waals surface area contributed by atoms with Crippen molar-refractivity contribution in [1.82, 2.24) is 24.8 Å². The van der Waals surface area contributed by atoms with E-state index in [1.807, 2.05) is 38.6 Å². The van der Waals surface area contributed by atoms with Crippen molar-refractivity contribution in [2.75, 3.05) is 32.7 Å². The Morgan fingerprint density at radius 3 is 2.25 bits per heavy atom. The minimum atomic E-state index is 0.158. The van der Waals surface area contributed by atoms with Crippen LogP contribution < -0.4 is 0 Å². The van der Waals surface area contributed by atoms with Crippen molar-refractivity contribution in [3.8, 4) is 0 Å². The molecule has 2 aromatic rings. The molecule has 3 heterocycles. The number of thiophene rings is 1. The molecule has 2 fully saturated rings. The molecule has 2 aliphatic rings. The number of aryl methyl sites for hydroxylation is 2. The molecule has 40 heavy (non-hydrogen) atoms. The van der Waals surface area contributed by atoms with Crippen molar-refractivity contribution in [2.45, 2.75) is 87.1 Å². The Labute approximate surface area is 246 Å². The molecule has 0 unspecified atom stereocenters.